The standard InChI is InChI=1S/C18H19NO2/c1-12-7-8-15-14(11-12)17-18(21-10-9-20-17)16(19-15)13-5-3-2-4-6-13/h2-8,11,16-19H,9-10H2,1H3. The van der Waals surface area contributed by atoms with Crippen molar-refractivity contribution >= 4 is 5.69 Å². The molecule has 0 radical (unpaired) electrons. The van der Waals surface area contributed by atoms with Gasteiger partial charge in [-0.25, -0.2) is 0 Å². The van der Waals surface area contributed by atoms with Crippen LogP contribution in [0.15, 0.2) is 48.5 Å². The molecule has 2 aromatic rings. The topological polar surface area (TPSA) is 30.5 Å². The summed E-state index contributed by atoms with van der Waals surface area (Å²) in [4.78, 5) is 0. The average Bonchev–Trinajstić information content (AvgIpc) is 2.55. The van der Waals surface area contributed by atoms with Crippen LogP contribution >= 0.6 is 0 Å². The van der Waals surface area contributed by atoms with E-state index < -0.39 is 0 Å². The predicted octanol–water partition coefficient (Wildman–Crippen LogP) is 3.62. The Bertz CT molecular complexity index is 641. The molecule has 4 rings (SSSR count). The van der Waals surface area contributed by atoms with Crippen LogP contribution in [0.5, 0.6) is 0 Å². The van der Waals surface area contributed by atoms with E-state index in [1.165, 1.54) is 16.7 Å². The van der Waals surface area contributed by atoms with E-state index in [4.69, 9.17) is 9.47 Å². The van der Waals surface area contributed by atoms with Crippen LogP contribution in [0.4, 0.5) is 5.69 Å². The minimum Gasteiger partial charge on any atom is -0.375 e. The van der Waals surface area contributed by atoms with E-state index in [-0.39, 0.29) is 18.2 Å². The van der Waals surface area contributed by atoms with E-state index in [9.17, 15) is 0 Å². The summed E-state index contributed by atoms with van der Waals surface area (Å²) < 4.78 is 12.1. The molecule has 1 N–H and O–H groups in total. The molecule has 2 aliphatic heterocycles. The van der Waals surface area contributed by atoms with Crippen LogP contribution in [0.2, 0.25) is 0 Å². The third kappa shape index (κ3) is 2.23. The van der Waals surface area contributed by atoms with Crippen LogP contribution in [0.25, 0.3) is 0 Å². The van der Waals surface area contributed by atoms with Gasteiger partial charge >= 0.3 is 0 Å². The van der Waals surface area contributed by atoms with Gasteiger partial charge in [0.1, 0.15) is 12.2 Å². The van der Waals surface area contributed by atoms with Crippen molar-refractivity contribution in [2.45, 2.75) is 25.2 Å². The predicted molar refractivity (Wildman–Crippen MR) is 82.4 cm³/mol. The Labute approximate surface area is 124 Å². The van der Waals surface area contributed by atoms with Gasteiger partial charge in [0.05, 0.1) is 19.3 Å². The lowest BCUT2D eigenvalue weighted by Crippen LogP contribution is -2.43. The molecule has 0 aliphatic carbocycles. The quantitative estimate of drug-likeness (QED) is 0.866. The highest BCUT2D eigenvalue weighted by molar-refractivity contribution is 5.58. The van der Waals surface area contributed by atoms with Gasteiger partial charge in [-0.2, -0.15) is 0 Å². The molecule has 2 aromatic carbocycles. The van der Waals surface area contributed by atoms with E-state index in [1.807, 2.05) is 6.07 Å². The highest BCUT2D eigenvalue weighted by Crippen LogP contribution is 2.44. The van der Waals surface area contributed by atoms with E-state index in [0.717, 1.165) is 5.69 Å². The monoisotopic (exact) mass is 281 g/mol. The summed E-state index contributed by atoms with van der Waals surface area (Å²) in [5.74, 6) is 0. The Kier molecular flexibility index (Phi) is 3.17. The molecule has 0 aromatic heterocycles. The molecule has 1 fully saturated rings. The van der Waals surface area contributed by atoms with Gasteiger partial charge in [-0.3, -0.25) is 0 Å². The maximum Gasteiger partial charge on any atom is 0.113 e. The minimum absolute atomic E-state index is 0.0140. The highest BCUT2D eigenvalue weighted by Gasteiger charge is 2.40. The molecule has 0 saturated carbocycles. The number of anilines is 1. The van der Waals surface area contributed by atoms with Gasteiger partial charge < -0.3 is 14.8 Å². The van der Waals surface area contributed by atoms with Crippen molar-refractivity contribution in [2.24, 2.45) is 0 Å². The fourth-order valence-electron chi connectivity index (χ4n) is 3.31. The van der Waals surface area contributed by atoms with Crippen LogP contribution < -0.4 is 5.32 Å². The summed E-state index contributed by atoms with van der Waals surface area (Å²) in [5, 5.41) is 3.63. The summed E-state index contributed by atoms with van der Waals surface area (Å²) in [7, 11) is 0. The van der Waals surface area contributed by atoms with Crippen LogP contribution in [0.1, 0.15) is 28.8 Å². The van der Waals surface area contributed by atoms with Crippen LogP contribution in [0.3, 0.4) is 0 Å². The SMILES string of the molecule is Cc1ccc2c(c1)C1OCCOC1C(c1ccccc1)N2. The third-order valence-corrected chi connectivity index (χ3v) is 4.30. The largest absolute Gasteiger partial charge is 0.375 e. The van der Waals surface area contributed by atoms with Gasteiger partial charge in [0.25, 0.3) is 0 Å². The minimum atomic E-state index is 0.0140. The summed E-state index contributed by atoms with van der Waals surface area (Å²) in [5.41, 5.74) is 4.86. The first-order valence-electron chi connectivity index (χ1n) is 7.48. The van der Waals surface area contributed by atoms with Crippen molar-refractivity contribution in [3.05, 3.63) is 65.2 Å². The van der Waals surface area contributed by atoms with Crippen molar-refractivity contribution in [3.8, 4) is 0 Å². The first kappa shape index (κ1) is 12.9. The summed E-state index contributed by atoms with van der Waals surface area (Å²) in [6, 6.07) is 17.1. The van der Waals surface area contributed by atoms with Crippen LogP contribution in [-0.2, 0) is 9.47 Å². The summed E-state index contributed by atoms with van der Waals surface area (Å²) >= 11 is 0. The molecule has 1 saturated heterocycles. The van der Waals surface area contributed by atoms with Gasteiger partial charge in [0.15, 0.2) is 0 Å². The second kappa shape index (κ2) is 5.17. The van der Waals surface area contributed by atoms with Crippen molar-refractivity contribution in [2.75, 3.05) is 18.5 Å². The molecule has 3 atom stereocenters. The van der Waals surface area contributed by atoms with Crippen LogP contribution in [0, 0.1) is 6.92 Å². The third-order valence-electron chi connectivity index (χ3n) is 4.30. The first-order valence-corrected chi connectivity index (χ1v) is 7.48. The highest BCUT2D eigenvalue weighted by atomic mass is 16.6. The number of hydrogen-bond acceptors (Lipinski definition) is 3. The maximum atomic E-state index is 6.06. The molecule has 2 heterocycles. The molecule has 0 amide bonds. The molecule has 108 valence electrons. The molecular formula is C18H19NO2. The Morgan fingerprint density at radius 1 is 1.00 bits per heavy atom. The summed E-state index contributed by atoms with van der Waals surface area (Å²) in [6.07, 6.45) is 0.0376. The van der Waals surface area contributed by atoms with Gasteiger partial charge in [-0.1, -0.05) is 48.0 Å². The number of aryl methyl sites for hydroxylation is 1. The number of benzene rings is 2. The lowest BCUT2D eigenvalue weighted by molar-refractivity contribution is -0.151. The number of ether oxygens (including phenoxy) is 2. The van der Waals surface area contributed by atoms with Crippen molar-refractivity contribution in [1.29, 1.82) is 0 Å². The fourth-order valence-corrected chi connectivity index (χ4v) is 3.31. The van der Waals surface area contributed by atoms with E-state index in [2.05, 4.69) is 54.7 Å². The summed E-state index contributed by atoms with van der Waals surface area (Å²) in [6.45, 7) is 3.44. The molecular weight excluding hydrogens is 262 g/mol. The second-order valence-corrected chi connectivity index (χ2v) is 5.75. The van der Waals surface area contributed by atoms with Crippen molar-refractivity contribution in [1.82, 2.24) is 0 Å². The second-order valence-electron chi connectivity index (χ2n) is 5.75. The average molecular weight is 281 g/mol. The number of hydrogen-bond donors (Lipinski definition) is 1. The Hall–Kier alpha value is -1.84. The van der Waals surface area contributed by atoms with Crippen LogP contribution in [-0.4, -0.2) is 19.3 Å². The number of nitrogens with one attached hydrogen (secondary N) is 1. The van der Waals surface area contributed by atoms with Crippen molar-refractivity contribution < 1.29 is 9.47 Å². The van der Waals surface area contributed by atoms with Gasteiger partial charge in [-0.15, -0.1) is 0 Å². The molecule has 2 aliphatic rings. The number of rotatable bonds is 1. The molecule has 21 heavy (non-hydrogen) atoms. The van der Waals surface area contributed by atoms with Gasteiger partial charge in [-0.05, 0) is 18.6 Å². The van der Waals surface area contributed by atoms with E-state index in [1.54, 1.807) is 0 Å². The first-order chi connectivity index (χ1) is 10.3. The van der Waals surface area contributed by atoms with Gasteiger partial charge in [0.2, 0.25) is 0 Å². The zero-order valence-electron chi connectivity index (χ0n) is 12.1. The molecule has 3 nitrogen and oxygen atoms in total. The van der Waals surface area contributed by atoms with E-state index in [0.29, 0.717) is 13.2 Å². The van der Waals surface area contributed by atoms with E-state index >= 15 is 0 Å². The van der Waals surface area contributed by atoms with Gasteiger partial charge in [0, 0.05) is 11.3 Å². The lowest BCUT2D eigenvalue weighted by Gasteiger charge is -2.43. The molecule has 0 bridgehead atoms. The maximum absolute atomic E-state index is 6.06. The normalized spacial score (nSPS) is 27.4. The smallest absolute Gasteiger partial charge is 0.113 e. The van der Waals surface area contributed by atoms with Crippen molar-refractivity contribution in [3.63, 3.8) is 0 Å². The molecule has 3 heteroatoms. The Balaban J connectivity index is 1.79. The zero-order chi connectivity index (χ0) is 14.2. The fraction of sp³-hybridized carbons (Fsp3) is 0.333. The number of fused-ring (bicyclic) bond motifs is 3. The Morgan fingerprint density at radius 3 is 2.67 bits per heavy atom. The lowest BCUT2D eigenvalue weighted by atomic mass is 9.87. The Morgan fingerprint density at radius 2 is 1.81 bits per heavy atom. The molecule has 0 spiro atoms. The molecule has 3 unspecified atom stereocenters. The zero-order valence-corrected chi connectivity index (χ0v) is 12.1.